The third-order valence-corrected chi connectivity index (χ3v) is 4.11. The molecule has 0 saturated carbocycles. The Morgan fingerprint density at radius 2 is 1.91 bits per heavy atom. The van der Waals surface area contributed by atoms with Crippen molar-refractivity contribution in [3.8, 4) is 5.75 Å². The number of piperazine rings is 1. The standard InChI is InChI=1S/C16H16ClN3O3/c17-11-2-1-3-12(8-11)19-4-6-20(7-5-19)16(23)13-10-18-15(22)9-14(13)21/h1-3,8-10H,4-7H2,(H2,18,21,22). The van der Waals surface area contributed by atoms with Crippen molar-refractivity contribution in [1.29, 1.82) is 0 Å². The van der Waals surface area contributed by atoms with Crippen LogP contribution in [0.4, 0.5) is 5.69 Å². The maximum absolute atomic E-state index is 12.4. The highest BCUT2D eigenvalue weighted by Gasteiger charge is 2.24. The second-order valence-corrected chi connectivity index (χ2v) is 5.79. The molecule has 1 aliphatic heterocycles. The van der Waals surface area contributed by atoms with Gasteiger partial charge in [-0.15, -0.1) is 0 Å². The highest BCUT2D eigenvalue weighted by molar-refractivity contribution is 6.30. The van der Waals surface area contributed by atoms with E-state index in [0.29, 0.717) is 31.2 Å². The Hall–Kier alpha value is -2.47. The highest BCUT2D eigenvalue weighted by Crippen LogP contribution is 2.22. The molecule has 120 valence electrons. The smallest absolute Gasteiger partial charge is 0.259 e. The van der Waals surface area contributed by atoms with Gasteiger partial charge in [0.25, 0.3) is 11.5 Å². The molecule has 1 saturated heterocycles. The van der Waals surface area contributed by atoms with E-state index in [1.165, 1.54) is 6.20 Å². The van der Waals surface area contributed by atoms with Gasteiger partial charge in [0.1, 0.15) is 5.75 Å². The molecule has 0 atom stereocenters. The summed E-state index contributed by atoms with van der Waals surface area (Å²) in [6.45, 7) is 2.42. The molecule has 0 unspecified atom stereocenters. The first-order valence-electron chi connectivity index (χ1n) is 7.26. The molecule has 1 aromatic heterocycles. The van der Waals surface area contributed by atoms with Gasteiger partial charge in [-0.1, -0.05) is 17.7 Å². The quantitative estimate of drug-likeness (QED) is 0.877. The molecule has 0 bridgehead atoms. The number of carbonyl (C=O) groups is 1. The lowest BCUT2D eigenvalue weighted by atomic mass is 10.2. The van der Waals surface area contributed by atoms with E-state index < -0.39 is 5.56 Å². The lowest BCUT2D eigenvalue weighted by Crippen LogP contribution is -2.48. The molecular weight excluding hydrogens is 318 g/mol. The molecule has 3 rings (SSSR count). The van der Waals surface area contributed by atoms with Crippen LogP contribution >= 0.6 is 11.6 Å². The van der Waals surface area contributed by atoms with Crippen molar-refractivity contribution in [2.75, 3.05) is 31.1 Å². The Labute approximate surface area is 137 Å². The number of nitrogens with one attached hydrogen (secondary N) is 1. The van der Waals surface area contributed by atoms with Crippen LogP contribution in [0.1, 0.15) is 10.4 Å². The lowest BCUT2D eigenvalue weighted by Gasteiger charge is -2.36. The van der Waals surface area contributed by atoms with Crippen molar-refractivity contribution >= 4 is 23.2 Å². The van der Waals surface area contributed by atoms with Gasteiger partial charge in [-0.3, -0.25) is 9.59 Å². The average molecular weight is 334 g/mol. The number of hydrogen-bond donors (Lipinski definition) is 2. The van der Waals surface area contributed by atoms with Crippen LogP contribution in [0, 0.1) is 0 Å². The lowest BCUT2D eigenvalue weighted by molar-refractivity contribution is 0.0743. The van der Waals surface area contributed by atoms with E-state index in [4.69, 9.17) is 11.6 Å². The van der Waals surface area contributed by atoms with Gasteiger partial charge in [0.05, 0.1) is 5.56 Å². The Morgan fingerprint density at radius 3 is 2.57 bits per heavy atom. The number of benzene rings is 1. The number of aromatic amines is 1. The van der Waals surface area contributed by atoms with E-state index in [2.05, 4.69) is 9.88 Å². The van der Waals surface area contributed by atoms with E-state index >= 15 is 0 Å². The maximum Gasteiger partial charge on any atom is 0.259 e. The third kappa shape index (κ3) is 3.32. The van der Waals surface area contributed by atoms with Gasteiger partial charge < -0.3 is 19.9 Å². The monoisotopic (exact) mass is 333 g/mol. The second-order valence-electron chi connectivity index (χ2n) is 5.36. The third-order valence-electron chi connectivity index (χ3n) is 3.87. The number of anilines is 1. The highest BCUT2D eigenvalue weighted by atomic mass is 35.5. The van der Waals surface area contributed by atoms with E-state index in [0.717, 1.165) is 11.8 Å². The Balaban J connectivity index is 1.69. The fourth-order valence-electron chi connectivity index (χ4n) is 2.64. The molecule has 23 heavy (non-hydrogen) atoms. The first-order chi connectivity index (χ1) is 11.0. The van der Waals surface area contributed by atoms with Crippen molar-refractivity contribution in [1.82, 2.24) is 9.88 Å². The van der Waals surface area contributed by atoms with Gasteiger partial charge in [-0.05, 0) is 18.2 Å². The summed E-state index contributed by atoms with van der Waals surface area (Å²) in [5.41, 5.74) is 0.696. The van der Waals surface area contributed by atoms with E-state index in [9.17, 15) is 14.7 Å². The molecular formula is C16H16ClN3O3. The molecule has 2 N–H and O–H groups in total. The fraction of sp³-hybridized carbons (Fsp3) is 0.250. The number of aromatic hydroxyl groups is 1. The van der Waals surface area contributed by atoms with Crippen molar-refractivity contribution < 1.29 is 9.90 Å². The van der Waals surface area contributed by atoms with Crippen molar-refractivity contribution in [3.05, 3.63) is 57.5 Å². The van der Waals surface area contributed by atoms with Crippen LogP contribution < -0.4 is 10.5 Å². The van der Waals surface area contributed by atoms with Crippen LogP contribution in [0.5, 0.6) is 5.75 Å². The number of aromatic nitrogens is 1. The largest absolute Gasteiger partial charge is 0.507 e. The van der Waals surface area contributed by atoms with Gasteiger partial charge in [0.15, 0.2) is 0 Å². The Morgan fingerprint density at radius 1 is 1.17 bits per heavy atom. The molecule has 0 aliphatic carbocycles. The molecule has 6 nitrogen and oxygen atoms in total. The van der Waals surface area contributed by atoms with Crippen LogP contribution in [0.15, 0.2) is 41.3 Å². The molecule has 2 aromatic rings. The zero-order valence-corrected chi connectivity index (χ0v) is 13.1. The van der Waals surface area contributed by atoms with Gasteiger partial charge in [-0.25, -0.2) is 0 Å². The van der Waals surface area contributed by atoms with E-state index in [1.807, 2.05) is 24.3 Å². The predicted octanol–water partition coefficient (Wildman–Crippen LogP) is 1.70. The van der Waals surface area contributed by atoms with Gasteiger partial charge >= 0.3 is 0 Å². The number of H-pyrrole nitrogens is 1. The zero-order valence-electron chi connectivity index (χ0n) is 12.3. The molecule has 2 heterocycles. The number of halogens is 1. The normalized spacial score (nSPS) is 14.8. The van der Waals surface area contributed by atoms with Gasteiger partial charge in [0.2, 0.25) is 0 Å². The topological polar surface area (TPSA) is 76.6 Å². The summed E-state index contributed by atoms with van der Waals surface area (Å²) in [6, 6.07) is 8.61. The summed E-state index contributed by atoms with van der Waals surface area (Å²) < 4.78 is 0. The van der Waals surface area contributed by atoms with Gasteiger partial charge in [0, 0.05) is 49.2 Å². The predicted molar refractivity (Wildman–Crippen MR) is 88.3 cm³/mol. The number of rotatable bonds is 2. The number of carbonyl (C=O) groups excluding carboxylic acids is 1. The summed E-state index contributed by atoms with van der Waals surface area (Å²) >= 11 is 6.01. The van der Waals surface area contributed by atoms with Crippen molar-refractivity contribution in [3.63, 3.8) is 0 Å². The van der Waals surface area contributed by atoms with Crippen LogP contribution in [-0.4, -0.2) is 47.1 Å². The number of nitrogens with zero attached hydrogens (tertiary/aromatic N) is 2. The second kappa shape index (κ2) is 6.34. The minimum Gasteiger partial charge on any atom is -0.507 e. The minimum atomic E-state index is -0.440. The van der Waals surface area contributed by atoms with Crippen LogP contribution in [-0.2, 0) is 0 Å². The van der Waals surface area contributed by atoms with Crippen molar-refractivity contribution in [2.24, 2.45) is 0 Å². The zero-order chi connectivity index (χ0) is 16.4. The molecule has 1 amide bonds. The molecule has 1 fully saturated rings. The summed E-state index contributed by atoms with van der Waals surface area (Å²) in [6.07, 6.45) is 1.25. The Kier molecular flexibility index (Phi) is 4.25. The van der Waals surface area contributed by atoms with Crippen LogP contribution in [0.3, 0.4) is 0 Å². The van der Waals surface area contributed by atoms with E-state index in [1.54, 1.807) is 4.90 Å². The van der Waals surface area contributed by atoms with Crippen molar-refractivity contribution in [2.45, 2.75) is 0 Å². The Bertz CT molecular complexity index is 782. The summed E-state index contributed by atoms with van der Waals surface area (Å²) in [4.78, 5) is 29.8. The SMILES string of the molecule is O=C(c1c[nH]c(=O)cc1O)N1CCN(c2cccc(Cl)c2)CC1. The van der Waals surface area contributed by atoms with Crippen LogP contribution in [0.2, 0.25) is 5.02 Å². The minimum absolute atomic E-state index is 0.112. The maximum atomic E-state index is 12.4. The van der Waals surface area contributed by atoms with E-state index in [-0.39, 0.29) is 17.2 Å². The number of pyridine rings is 1. The van der Waals surface area contributed by atoms with Gasteiger partial charge in [-0.2, -0.15) is 0 Å². The first kappa shape index (κ1) is 15.4. The summed E-state index contributed by atoms with van der Waals surface area (Å²) in [5, 5.41) is 10.4. The summed E-state index contributed by atoms with van der Waals surface area (Å²) in [5.74, 6) is -0.583. The molecule has 1 aliphatic rings. The first-order valence-corrected chi connectivity index (χ1v) is 7.64. The molecule has 1 aromatic carbocycles. The van der Waals surface area contributed by atoms with Crippen LogP contribution in [0.25, 0.3) is 0 Å². The average Bonchev–Trinajstić information content (AvgIpc) is 2.54. The molecule has 7 heteroatoms. The molecule has 0 spiro atoms. The number of hydrogen-bond acceptors (Lipinski definition) is 4. The summed E-state index contributed by atoms with van der Waals surface area (Å²) in [7, 11) is 0. The molecule has 0 radical (unpaired) electrons. The fourth-order valence-corrected chi connectivity index (χ4v) is 2.83. The number of amides is 1.